The minimum Gasteiger partial charge on any atom is -0.275 e. The molecule has 0 bridgehead atoms. The smallest absolute Gasteiger partial charge is 0.275 e. The summed E-state index contributed by atoms with van der Waals surface area (Å²) < 4.78 is 39.1. The first-order valence-electron chi connectivity index (χ1n) is 4.08. The molecule has 0 aliphatic carbocycles. The van der Waals surface area contributed by atoms with Gasteiger partial charge in [0.2, 0.25) is 0 Å². The maximum atomic E-state index is 12.5. The molecule has 0 saturated heterocycles. The van der Waals surface area contributed by atoms with Crippen LogP contribution in [-0.2, 0) is 13.2 Å². The highest BCUT2D eigenvalue weighted by Crippen LogP contribution is 2.36. The van der Waals surface area contributed by atoms with Gasteiger partial charge in [0.15, 0.2) is 0 Å². The van der Waals surface area contributed by atoms with Gasteiger partial charge < -0.3 is 0 Å². The Bertz CT molecular complexity index is 516. The van der Waals surface area contributed by atoms with Crippen LogP contribution in [0.25, 0.3) is 10.9 Å². The number of fused-ring (bicyclic) bond motifs is 1. The van der Waals surface area contributed by atoms with E-state index in [4.69, 9.17) is 0 Å². The summed E-state index contributed by atoms with van der Waals surface area (Å²) in [7, 11) is 1.67. The number of nitrogens with zero attached hydrogens (tertiary/aromatic N) is 2. The van der Waals surface area contributed by atoms with Gasteiger partial charge in [0, 0.05) is 23.1 Å². The second-order valence-corrected chi connectivity index (χ2v) is 4.05. The summed E-state index contributed by atoms with van der Waals surface area (Å²) in [6.07, 6.45) is -2.69. The molecule has 80 valence electrons. The van der Waals surface area contributed by atoms with E-state index in [9.17, 15) is 13.2 Å². The van der Waals surface area contributed by atoms with Crippen LogP contribution in [0.4, 0.5) is 13.2 Å². The van der Waals surface area contributed by atoms with E-state index >= 15 is 0 Å². The third-order valence-electron chi connectivity index (χ3n) is 2.01. The predicted molar refractivity (Wildman–Crippen MR) is 53.4 cm³/mol. The van der Waals surface area contributed by atoms with E-state index in [0.29, 0.717) is 10.9 Å². The Morgan fingerprint density at radius 3 is 2.60 bits per heavy atom. The van der Waals surface area contributed by atoms with Crippen LogP contribution in [0.5, 0.6) is 0 Å². The first kappa shape index (κ1) is 10.5. The van der Waals surface area contributed by atoms with Gasteiger partial charge in [0.1, 0.15) is 0 Å². The summed E-state index contributed by atoms with van der Waals surface area (Å²) >= 11 is 2.91. The molecule has 2 rings (SSSR count). The van der Waals surface area contributed by atoms with E-state index in [1.807, 2.05) is 0 Å². The summed E-state index contributed by atoms with van der Waals surface area (Å²) in [6, 6.07) is 2.46. The van der Waals surface area contributed by atoms with Gasteiger partial charge in [-0.3, -0.25) is 4.68 Å². The molecule has 15 heavy (non-hydrogen) atoms. The summed E-state index contributed by atoms with van der Waals surface area (Å²) in [5.74, 6) is 0. The first-order valence-corrected chi connectivity index (χ1v) is 4.87. The van der Waals surface area contributed by atoms with Crippen molar-refractivity contribution in [2.45, 2.75) is 6.18 Å². The lowest BCUT2D eigenvalue weighted by Gasteiger charge is -2.08. The van der Waals surface area contributed by atoms with Crippen molar-refractivity contribution in [2.75, 3.05) is 0 Å². The van der Waals surface area contributed by atoms with Gasteiger partial charge in [-0.25, -0.2) is 0 Å². The van der Waals surface area contributed by atoms with Gasteiger partial charge >= 0.3 is 6.18 Å². The number of aromatic nitrogens is 2. The van der Waals surface area contributed by atoms with Crippen molar-refractivity contribution >= 4 is 26.8 Å². The van der Waals surface area contributed by atoms with Crippen LogP contribution in [0.15, 0.2) is 22.8 Å². The van der Waals surface area contributed by atoms with E-state index in [0.717, 1.165) is 6.07 Å². The Morgan fingerprint density at radius 2 is 2.00 bits per heavy atom. The summed E-state index contributed by atoms with van der Waals surface area (Å²) in [4.78, 5) is 0. The molecule has 2 aromatic rings. The van der Waals surface area contributed by atoms with E-state index < -0.39 is 11.7 Å². The average Bonchev–Trinajstić information content (AvgIpc) is 2.40. The lowest BCUT2D eigenvalue weighted by Crippen LogP contribution is -2.05. The lowest BCUT2D eigenvalue weighted by molar-refractivity contribution is -0.138. The Kier molecular flexibility index (Phi) is 2.26. The SMILES string of the molecule is Cn1cc2cc(Br)c(C(F)(F)F)cc2n1. The topological polar surface area (TPSA) is 17.8 Å². The van der Waals surface area contributed by atoms with Crippen LogP contribution in [0, 0.1) is 0 Å². The molecule has 0 radical (unpaired) electrons. The Hall–Kier alpha value is -1.04. The monoisotopic (exact) mass is 278 g/mol. The summed E-state index contributed by atoms with van der Waals surface area (Å²) in [5.41, 5.74) is -0.360. The van der Waals surface area contributed by atoms with E-state index in [1.54, 1.807) is 13.2 Å². The largest absolute Gasteiger partial charge is 0.417 e. The number of halogens is 4. The molecule has 0 aliphatic rings. The fourth-order valence-corrected chi connectivity index (χ4v) is 1.97. The number of benzene rings is 1. The van der Waals surface area contributed by atoms with Gasteiger partial charge in [-0.2, -0.15) is 18.3 Å². The maximum absolute atomic E-state index is 12.5. The number of hydrogen-bond donors (Lipinski definition) is 0. The van der Waals surface area contributed by atoms with Crippen LogP contribution in [0.2, 0.25) is 0 Å². The van der Waals surface area contributed by atoms with E-state index in [1.165, 1.54) is 10.7 Å². The van der Waals surface area contributed by atoms with Crippen molar-refractivity contribution in [1.82, 2.24) is 9.78 Å². The van der Waals surface area contributed by atoms with Crippen LogP contribution in [-0.4, -0.2) is 9.78 Å². The van der Waals surface area contributed by atoms with E-state index in [-0.39, 0.29) is 4.47 Å². The fraction of sp³-hybridized carbons (Fsp3) is 0.222. The highest BCUT2D eigenvalue weighted by Gasteiger charge is 2.33. The second-order valence-electron chi connectivity index (χ2n) is 3.19. The zero-order chi connectivity index (χ0) is 11.2. The Labute approximate surface area is 91.8 Å². The zero-order valence-corrected chi connectivity index (χ0v) is 9.22. The quantitative estimate of drug-likeness (QED) is 0.723. The highest BCUT2D eigenvalue weighted by molar-refractivity contribution is 9.10. The normalized spacial score (nSPS) is 12.3. The van der Waals surface area contributed by atoms with Crippen molar-refractivity contribution in [3.8, 4) is 0 Å². The molecule has 6 heteroatoms. The van der Waals surface area contributed by atoms with Gasteiger partial charge in [0.25, 0.3) is 0 Å². The molecule has 0 atom stereocenters. The molecule has 1 heterocycles. The number of hydrogen-bond acceptors (Lipinski definition) is 1. The third kappa shape index (κ3) is 1.86. The molecule has 0 unspecified atom stereocenters. The number of alkyl halides is 3. The predicted octanol–water partition coefficient (Wildman–Crippen LogP) is 3.35. The van der Waals surface area contributed by atoms with Crippen molar-refractivity contribution in [2.24, 2.45) is 7.05 Å². The third-order valence-corrected chi connectivity index (χ3v) is 2.67. The number of rotatable bonds is 0. The standard InChI is InChI=1S/C9H6BrF3N2/c1-15-4-5-2-7(10)6(9(11,12)13)3-8(5)14-15/h2-4H,1H3. The molecule has 0 saturated carbocycles. The molecule has 0 aliphatic heterocycles. The van der Waals surface area contributed by atoms with Crippen LogP contribution in [0.3, 0.4) is 0 Å². The molecule has 2 nitrogen and oxygen atoms in total. The van der Waals surface area contributed by atoms with Crippen LogP contribution in [0.1, 0.15) is 5.56 Å². The minimum absolute atomic E-state index is 0.0375. The first-order chi connectivity index (χ1) is 6.88. The molecular formula is C9H6BrF3N2. The van der Waals surface area contributed by atoms with Crippen LogP contribution < -0.4 is 0 Å². The highest BCUT2D eigenvalue weighted by atomic mass is 79.9. The van der Waals surface area contributed by atoms with Gasteiger partial charge in [0.05, 0.1) is 11.1 Å². The molecule has 0 spiro atoms. The lowest BCUT2D eigenvalue weighted by atomic mass is 10.1. The second kappa shape index (κ2) is 3.23. The molecule has 0 amide bonds. The van der Waals surface area contributed by atoms with Gasteiger partial charge in [-0.15, -0.1) is 0 Å². The van der Waals surface area contributed by atoms with Crippen molar-refractivity contribution in [3.63, 3.8) is 0 Å². The van der Waals surface area contributed by atoms with Crippen LogP contribution >= 0.6 is 15.9 Å². The van der Waals surface area contributed by atoms with E-state index in [2.05, 4.69) is 21.0 Å². The number of aryl methyl sites for hydroxylation is 1. The average molecular weight is 279 g/mol. The molecule has 0 N–H and O–H groups in total. The summed E-state index contributed by atoms with van der Waals surface area (Å²) in [5, 5.41) is 4.60. The maximum Gasteiger partial charge on any atom is 0.417 e. The fourth-order valence-electron chi connectivity index (χ4n) is 1.38. The summed E-state index contributed by atoms with van der Waals surface area (Å²) in [6.45, 7) is 0. The van der Waals surface area contributed by atoms with Gasteiger partial charge in [-0.1, -0.05) is 15.9 Å². The molecular weight excluding hydrogens is 273 g/mol. The molecule has 1 aromatic carbocycles. The molecule has 1 aromatic heterocycles. The Balaban J connectivity index is 2.72. The Morgan fingerprint density at radius 1 is 1.33 bits per heavy atom. The van der Waals surface area contributed by atoms with Gasteiger partial charge in [-0.05, 0) is 12.1 Å². The van der Waals surface area contributed by atoms with Crippen molar-refractivity contribution in [1.29, 1.82) is 0 Å². The van der Waals surface area contributed by atoms with Crippen molar-refractivity contribution in [3.05, 3.63) is 28.4 Å². The zero-order valence-electron chi connectivity index (χ0n) is 7.64. The molecule has 0 fully saturated rings. The van der Waals surface area contributed by atoms with Crippen molar-refractivity contribution < 1.29 is 13.2 Å². The minimum atomic E-state index is -4.36.